The number of para-hydroxylation sites is 1. The van der Waals surface area contributed by atoms with Gasteiger partial charge < -0.3 is 5.32 Å². The first-order chi connectivity index (χ1) is 10.7. The molecule has 8 nitrogen and oxygen atoms in total. The highest BCUT2D eigenvalue weighted by Gasteiger charge is 2.24. The standard InChI is InChI=1S/C14H19N5O3S/c1-14(2,3)15-13(20)10-23(21,22)9-12-16-17-18-19(12)11-7-5-4-6-8-11/h4-8H,9-10H2,1-3H3,(H,15,20). The van der Waals surface area contributed by atoms with E-state index in [2.05, 4.69) is 20.8 Å². The molecule has 0 aliphatic carbocycles. The van der Waals surface area contributed by atoms with Gasteiger partial charge in [-0.05, 0) is 43.3 Å². The minimum Gasteiger partial charge on any atom is -0.351 e. The van der Waals surface area contributed by atoms with Gasteiger partial charge in [0.1, 0.15) is 11.5 Å². The Morgan fingerprint density at radius 3 is 2.48 bits per heavy atom. The van der Waals surface area contributed by atoms with Gasteiger partial charge >= 0.3 is 0 Å². The van der Waals surface area contributed by atoms with E-state index in [0.717, 1.165) is 0 Å². The number of benzene rings is 1. The number of amides is 1. The molecule has 0 spiro atoms. The van der Waals surface area contributed by atoms with Crippen LogP contribution in [0.3, 0.4) is 0 Å². The minimum atomic E-state index is -3.68. The summed E-state index contributed by atoms with van der Waals surface area (Å²) in [5, 5.41) is 13.7. The molecule has 1 amide bonds. The van der Waals surface area contributed by atoms with E-state index in [1.807, 2.05) is 6.07 Å². The molecule has 1 aromatic carbocycles. The quantitative estimate of drug-likeness (QED) is 0.851. The van der Waals surface area contributed by atoms with Crippen molar-refractivity contribution in [3.8, 4) is 5.69 Å². The van der Waals surface area contributed by atoms with Gasteiger partial charge in [-0.15, -0.1) is 5.10 Å². The topological polar surface area (TPSA) is 107 Å². The zero-order valence-electron chi connectivity index (χ0n) is 13.2. The van der Waals surface area contributed by atoms with E-state index in [9.17, 15) is 13.2 Å². The number of rotatable bonds is 5. The first-order valence-electron chi connectivity index (χ1n) is 7.00. The number of nitrogens with zero attached hydrogens (tertiary/aromatic N) is 4. The van der Waals surface area contributed by atoms with E-state index in [0.29, 0.717) is 5.69 Å². The Morgan fingerprint density at radius 1 is 1.22 bits per heavy atom. The van der Waals surface area contributed by atoms with Crippen LogP contribution >= 0.6 is 0 Å². The molecule has 0 fully saturated rings. The Balaban J connectivity index is 2.13. The van der Waals surface area contributed by atoms with Crippen molar-refractivity contribution in [2.24, 2.45) is 0 Å². The lowest BCUT2D eigenvalue weighted by atomic mass is 10.1. The van der Waals surface area contributed by atoms with Gasteiger partial charge in [-0.3, -0.25) is 4.79 Å². The summed E-state index contributed by atoms with van der Waals surface area (Å²) in [6, 6.07) is 8.96. The highest BCUT2D eigenvalue weighted by atomic mass is 32.2. The lowest BCUT2D eigenvalue weighted by molar-refractivity contribution is -0.120. The molecule has 1 N–H and O–H groups in total. The largest absolute Gasteiger partial charge is 0.351 e. The average Bonchev–Trinajstić information content (AvgIpc) is 2.83. The van der Waals surface area contributed by atoms with Gasteiger partial charge in [0.05, 0.1) is 5.69 Å². The number of hydrogen-bond donors (Lipinski definition) is 1. The Kier molecular flexibility index (Phi) is 4.79. The van der Waals surface area contributed by atoms with Gasteiger partial charge in [-0.1, -0.05) is 18.2 Å². The number of sulfone groups is 1. The van der Waals surface area contributed by atoms with E-state index in [4.69, 9.17) is 0 Å². The third kappa shape index (κ3) is 5.13. The van der Waals surface area contributed by atoms with Gasteiger partial charge in [-0.25, -0.2) is 8.42 Å². The van der Waals surface area contributed by atoms with E-state index in [1.54, 1.807) is 45.0 Å². The van der Waals surface area contributed by atoms with Crippen LogP contribution in [0.15, 0.2) is 30.3 Å². The van der Waals surface area contributed by atoms with E-state index in [-0.39, 0.29) is 5.82 Å². The predicted octanol–water partition coefficient (Wildman–Crippen LogP) is 0.492. The molecule has 1 aromatic heterocycles. The number of tetrazole rings is 1. The number of carbonyl (C=O) groups is 1. The SMILES string of the molecule is CC(C)(C)NC(=O)CS(=O)(=O)Cc1nnnn1-c1ccccc1. The molecule has 2 aromatic rings. The van der Waals surface area contributed by atoms with Crippen LogP contribution in [0.1, 0.15) is 26.6 Å². The van der Waals surface area contributed by atoms with Gasteiger partial charge in [0, 0.05) is 5.54 Å². The fraction of sp³-hybridized carbons (Fsp3) is 0.429. The first kappa shape index (κ1) is 17.1. The van der Waals surface area contributed by atoms with Crippen LogP contribution < -0.4 is 5.32 Å². The van der Waals surface area contributed by atoms with Gasteiger partial charge in [0.25, 0.3) is 0 Å². The third-order valence-electron chi connectivity index (χ3n) is 2.75. The molecule has 9 heteroatoms. The maximum absolute atomic E-state index is 12.2. The average molecular weight is 337 g/mol. The lowest BCUT2D eigenvalue weighted by Gasteiger charge is -2.20. The van der Waals surface area contributed by atoms with E-state index < -0.39 is 32.8 Å². The highest BCUT2D eigenvalue weighted by molar-refractivity contribution is 7.91. The Labute approximate surface area is 134 Å². The van der Waals surface area contributed by atoms with Crippen molar-refractivity contribution >= 4 is 15.7 Å². The zero-order valence-corrected chi connectivity index (χ0v) is 14.0. The van der Waals surface area contributed by atoms with Crippen LogP contribution in [0.4, 0.5) is 0 Å². The summed E-state index contributed by atoms with van der Waals surface area (Å²) in [6.45, 7) is 5.36. The summed E-state index contributed by atoms with van der Waals surface area (Å²) >= 11 is 0. The molecule has 0 aliphatic heterocycles. The van der Waals surface area contributed by atoms with Crippen molar-refractivity contribution in [1.29, 1.82) is 0 Å². The Hall–Kier alpha value is -2.29. The second kappa shape index (κ2) is 6.45. The van der Waals surface area contributed by atoms with Crippen molar-refractivity contribution < 1.29 is 13.2 Å². The maximum atomic E-state index is 12.2. The number of carbonyl (C=O) groups excluding carboxylic acids is 1. The summed E-state index contributed by atoms with van der Waals surface area (Å²) in [7, 11) is -3.68. The molecule has 0 saturated carbocycles. The molecule has 2 rings (SSSR count). The van der Waals surface area contributed by atoms with Crippen LogP contribution in [0.2, 0.25) is 0 Å². The van der Waals surface area contributed by atoms with Crippen LogP contribution in [0.25, 0.3) is 5.69 Å². The zero-order chi connectivity index (χ0) is 17.1. The number of hydrogen-bond acceptors (Lipinski definition) is 6. The van der Waals surface area contributed by atoms with Gasteiger partial charge in [0.2, 0.25) is 5.91 Å². The molecule has 124 valence electrons. The van der Waals surface area contributed by atoms with E-state index >= 15 is 0 Å². The maximum Gasteiger partial charge on any atom is 0.235 e. The Bertz CT molecular complexity index is 778. The van der Waals surface area contributed by atoms with Crippen molar-refractivity contribution in [2.45, 2.75) is 32.1 Å². The molecule has 0 aliphatic rings. The normalized spacial score (nSPS) is 12.1. The van der Waals surface area contributed by atoms with Crippen LogP contribution in [-0.4, -0.2) is 45.8 Å². The summed E-state index contributed by atoms with van der Waals surface area (Å²) in [4.78, 5) is 11.8. The molecular formula is C14H19N5O3S. The Morgan fingerprint density at radius 2 is 1.87 bits per heavy atom. The minimum absolute atomic E-state index is 0.166. The summed E-state index contributed by atoms with van der Waals surface area (Å²) in [5.74, 6) is -1.39. The lowest BCUT2D eigenvalue weighted by Crippen LogP contribution is -2.43. The van der Waals surface area contributed by atoms with Crippen molar-refractivity contribution in [1.82, 2.24) is 25.5 Å². The highest BCUT2D eigenvalue weighted by Crippen LogP contribution is 2.10. The second-order valence-electron chi connectivity index (χ2n) is 6.17. The van der Waals surface area contributed by atoms with Crippen LogP contribution in [0, 0.1) is 0 Å². The molecule has 0 unspecified atom stereocenters. The van der Waals surface area contributed by atoms with Crippen LogP contribution in [0.5, 0.6) is 0 Å². The molecule has 23 heavy (non-hydrogen) atoms. The fourth-order valence-electron chi connectivity index (χ4n) is 1.97. The number of aromatic nitrogens is 4. The number of nitrogens with one attached hydrogen (secondary N) is 1. The van der Waals surface area contributed by atoms with Crippen molar-refractivity contribution in [3.63, 3.8) is 0 Å². The molecule has 1 heterocycles. The monoisotopic (exact) mass is 337 g/mol. The predicted molar refractivity (Wildman–Crippen MR) is 84.5 cm³/mol. The summed E-state index contributed by atoms with van der Waals surface area (Å²) in [5.41, 5.74) is 0.167. The third-order valence-corrected chi connectivity index (χ3v) is 4.15. The van der Waals surface area contributed by atoms with Crippen LogP contribution in [-0.2, 0) is 20.4 Å². The van der Waals surface area contributed by atoms with E-state index in [1.165, 1.54) is 4.68 Å². The first-order valence-corrected chi connectivity index (χ1v) is 8.82. The molecule has 0 bridgehead atoms. The van der Waals surface area contributed by atoms with Gasteiger partial charge in [0.15, 0.2) is 15.7 Å². The molecule has 0 radical (unpaired) electrons. The summed E-state index contributed by atoms with van der Waals surface area (Å²) < 4.78 is 25.8. The van der Waals surface area contributed by atoms with Gasteiger partial charge in [-0.2, -0.15) is 4.68 Å². The molecular weight excluding hydrogens is 318 g/mol. The molecule has 0 atom stereocenters. The fourth-order valence-corrected chi connectivity index (χ4v) is 3.11. The van der Waals surface area contributed by atoms with Crippen molar-refractivity contribution in [2.75, 3.05) is 5.75 Å². The summed E-state index contributed by atoms with van der Waals surface area (Å²) in [6.07, 6.45) is 0. The van der Waals surface area contributed by atoms with Crippen molar-refractivity contribution in [3.05, 3.63) is 36.2 Å². The molecule has 0 saturated heterocycles. The smallest absolute Gasteiger partial charge is 0.235 e. The second-order valence-corrected chi connectivity index (χ2v) is 8.24.